The van der Waals surface area contributed by atoms with Crippen molar-refractivity contribution in [3.63, 3.8) is 0 Å². The first kappa shape index (κ1) is 25.1. The number of nitrogens with zero attached hydrogens (tertiary/aromatic N) is 3. The second-order valence-corrected chi connectivity index (χ2v) is 7.54. The molecule has 2 aliphatic rings. The molecular formula is C22H28F2IN5O3. The zero-order valence-electron chi connectivity index (χ0n) is 18.4. The number of anilines is 1. The Labute approximate surface area is 208 Å². The summed E-state index contributed by atoms with van der Waals surface area (Å²) < 4.78 is 40.9. The zero-order valence-corrected chi connectivity index (χ0v) is 20.7. The van der Waals surface area contributed by atoms with Gasteiger partial charge in [-0.15, -0.1) is 24.0 Å². The molecule has 2 aromatic rings. The van der Waals surface area contributed by atoms with Crippen molar-refractivity contribution < 1.29 is 23.0 Å². The van der Waals surface area contributed by atoms with Gasteiger partial charge >= 0.3 is 6.61 Å². The number of aliphatic imine (C=N–C) groups is 1. The van der Waals surface area contributed by atoms with E-state index in [-0.39, 0.29) is 43.1 Å². The Morgan fingerprint density at radius 3 is 2.58 bits per heavy atom. The van der Waals surface area contributed by atoms with Crippen LogP contribution in [-0.2, 0) is 13.1 Å². The van der Waals surface area contributed by atoms with Gasteiger partial charge in [-0.3, -0.25) is 4.99 Å². The highest BCUT2D eigenvalue weighted by Crippen LogP contribution is 2.38. The van der Waals surface area contributed by atoms with E-state index in [1.807, 2.05) is 12.3 Å². The first-order valence-corrected chi connectivity index (χ1v) is 10.6. The number of guanidine groups is 1. The van der Waals surface area contributed by atoms with Crippen LogP contribution >= 0.6 is 24.0 Å². The molecule has 0 atom stereocenters. The van der Waals surface area contributed by atoms with Crippen LogP contribution in [0.1, 0.15) is 30.4 Å². The second-order valence-electron chi connectivity index (χ2n) is 7.54. The van der Waals surface area contributed by atoms with Crippen molar-refractivity contribution in [1.82, 2.24) is 15.6 Å². The van der Waals surface area contributed by atoms with Crippen LogP contribution in [0.25, 0.3) is 0 Å². The summed E-state index contributed by atoms with van der Waals surface area (Å²) in [6, 6.07) is 7.09. The van der Waals surface area contributed by atoms with Crippen molar-refractivity contribution in [2.24, 2.45) is 4.99 Å². The Hall–Kier alpha value is -2.57. The third kappa shape index (κ3) is 6.71. The Morgan fingerprint density at radius 2 is 1.85 bits per heavy atom. The molecule has 0 unspecified atom stereocenters. The molecule has 0 aliphatic carbocycles. The number of rotatable bonds is 7. The van der Waals surface area contributed by atoms with E-state index in [9.17, 15) is 8.78 Å². The van der Waals surface area contributed by atoms with Crippen molar-refractivity contribution in [1.29, 1.82) is 0 Å². The highest BCUT2D eigenvalue weighted by Gasteiger charge is 2.20. The van der Waals surface area contributed by atoms with Gasteiger partial charge in [0.15, 0.2) is 17.5 Å². The van der Waals surface area contributed by atoms with Crippen LogP contribution in [0, 0.1) is 0 Å². The van der Waals surface area contributed by atoms with Gasteiger partial charge in [0.2, 0.25) is 6.79 Å². The smallest absolute Gasteiger partial charge is 0.387 e. The van der Waals surface area contributed by atoms with Gasteiger partial charge in [0, 0.05) is 51.1 Å². The summed E-state index contributed by atoms with van der Waals surface area (Å²) in [7, 11) is 1.65. The number of hydrogen-bond donors (Lipinski definition) is 2. The number of aromatic nitrogens is 1. The summed E-state index contributed by atoms with van der Waals surface area (Å²) in [5.74, 6) is 2.43. The lowest BCUT2D eigenvalue weighted by molar-refractivity contribution is -0.0505. The van der Waals surface area contributed by atoms with E-state index < -0.39 is 6.61 Å². The van der Waals surface area contributed by atoms with Gasteiger partial charge in [-0.05, 0) is 43.0 Å². The van der Waals surface area contributed by atoms with Gasteiger partial charge in [-0.1, -0.05) is 0 Å². The normalized spacial score (nSPS) is 15.3. The first-order chi connectivity index (χ1) is 15.6. The lowest BCUT2D eigenvalue weighted by Crippen LogP contribution is -2.36. The highest BCUT2D eigenvalue weighted by atomic mass is 127. The molecule has 3 heterocycles. The number of nitrogens with one attached hydrogen (secondary N) is 2. The highest BCUT2D eigenvalue weighted by molar-refractivity contribution is 14.0. The molecule has 1 fully saturated rings. The lowest BCUT2D eigenvalue weighted by Gasteiger charge is -2.28. The number of ether oxygens (including phenoxy) is 3. The summed E-state index contributed by atoms with van der Waals surface area (Å²) in [4.78, 5) is 11.0. The predicted molar refractivity (Wildman–Crippen MR) is 132 cm³/mol. The monoisotopic (exact) mass is 575 g/mol. The maximum absolute atomic E-state index is 12.8. The molecule has 2 N–H and O–H groups in total. The topological polar surface area (TPSA) is 80.2 Å². The second kappa shape index (κ2) is 12.1. The number of fused-ring (bicyclic) bond motifs is 1. The van der Waals surface area contributed by atoms with E-state index in [0.29, 0.717) is 29.6 Å². The average Bonchev–Trinajstić information content (AvgIpc) is 3.27. The quantitative estimate of drug-likeness (QED) is 0.295. The summed E-state index contributed by atoms with van der Waals surface area (Å²) in [6.07, 6.45) is 5.47. The van der Waals surface area contributed by atoms with Crippen LogP contribution in [0.2, 0.25) is 0 Å². The molecule has 180 valence electrons. The SMILES string of the molecule is CN=C(NCc1ccnc(N2CCCCC2)c1)NCc1cc2c(cc1OC(F)F)OCO2.I. The number of halogens is 3. The summed E-state index contributed by atoms with van der Waals surface area (Å²) in [5.41, 5.74) is 1.59. The van der Waals surface area contributed by atoms with E-state index in [1.54, 1.807) is 13.1 Å². The molecule has 2 aliphatic heterocycles. The van der Waals surface area contributed by atoms with Crippen LogP contribution in [0.4, 0.5) is 14.6 Å². The Kier molecular flexibility index (Phi) is 9.15. The maximum atomic E-state index is 12.8. The Morgan fingerprint density at radius 1 is 1.12 bits per heavy atom. The van der Waals surface area contributed by atoms with Crippen molar-refractivity contribution in [2.45, 2.75) is 39.0 Å². The molecule has 1 saturated heterocycles. The van der Waals surface area contributed by atoms with E-state index in [1.165, 1.54) is 25.3 Å². The molecule has 4 rings (SSSR count). The standard InChI is InChI=1S/C22H27F2N5O3.HI/c1-25-22(27-12-15-5-6-26-20(9-15)29-7-3-2-4-8-29)28-13-16-10-18-19(31-14-30-18)11-17(16)32-21(23)24;/h5-6,9-11,21H,2-4,7-8,12-14H2,1H3,(H2,25,27,28);1H. The minimum Gasteiger partial charge on any atom is -0.454 e. The van der Waals surface area contributed by atoms with E-state index in [2.05, 4.69) is 36.3 Å². The largest absolute Gasteiger partial charge is 0.454 e. The summed E-state index contributed by atoms with van der Waals surface area (Å²) in [5, 5.41) is 6.38. The molecule has 1 aromatic carbocycles. The molecule has 8 nitrogen and oxygen atoms in total. The fraction of sp³-hybridized carbons (Fsp3) is 0.455. The Balaban J connectivity index is 0.00000306. The van der Waals surface area contributed by atoms with Crippen molar-refractivity contribution in [2.75, 3.05) is 31.8 Å². The van der Waals surface area contributed by atoms with Crippen LogP contribution in [0.5, 0.6) is 17.2 Å². The minimum absolute atomic E-state index is 0. The molecular weight excluding hydrogens is 547 g/mol. The lowest BCUT2D eigenvalue weighted by atomic mass is 10.1. The fourth-order valence-corrected chi connectivity index (χ4v) is 3.76. The van der Waals surface area contributed by atoms with Gasteiger partial charge in [0.1, 0.15) is 11.6 Å². The molecule has 11 heteroatoms. The first-order valence-electron chi connectivity index (χ1n) is 10.6. The van der Waals surface area contributed by atoms with E-state index in [4.69, 9.17) is 9.47 Å². The van der Waals surface area contributed by atoms with Gasteiger partial charge in [-0.25, -0.2) is 4.98 Å². The van der Waals surface area contributed by atoms with E-state index >= 15 is 0 Å². The molecule has 0 saturated carbocycles. The number of piperidine rings is 1. The van der Waals surface area contributed by atoms with Crippen LogP contribution < -0.4 is 29.7 Å². The molecule has 1 aromatic heterocycles. The maximum Gasteiger partial charge on any atom is 0.387 e. The van der Waals surface area contributed by atoms with Crippen molar-refractivity contribution >= 4 is 35.8 Å². The minimum atomic E-state index is -2.94. The van der Waals surface area contributed by atoms with E-state index in [0.717, 1.165) is 24.5 Å². The van der Waals surface area contributed by atoms with Gasteiger partial charge in [0.25, 0.3) is 0 Å². The summed E-state index contributed by atoms with van der Waals surface area (Å²) in [6.45, 7) is -0.0581. The van der Waals surface area contributed by atoms with Crippen LogP contribution in [0.3, 0.4) is 0 Å². The zero-order chi connectivity index (χ0) is 22.3. The fourth-order valence-electron chi connectivity index (χ4n) is 3.76. The van der Waals surface area contributed by atoms with Gasteiger partial charge < -0.3 is 29.7 Å². The third-order valence-corrected chi connectivity index (χ3v) is 5.39. The molecule has 0 spiro atoms. The molecule has 33 heavy (non-hydrogen) atoms. The van der Waals surface area contributed by atoms with Crippen molar-refractivity contribution in [3.05, 3.63) is 41.6 Å². The Bertz CT molecular complexity index is 958. The molecule has 0 amide bonds. The molecule has 0 radical (unpaired) electrons. The van der Waals surface area contributed by atoms with Crippen LogP contribution in [0.15, 0.2) is 35.5 Å². The molecule has 0 bridgehead atoms. The van der Waals surface area contributed by atoms with Gasteiger partial charge in [-0.2, -0.15) is 8.78 Å². The van der Waals surface area contributed by atoms with Crippen molar-refractivity contribution in [3.8, 4) is 17.2 Å². The average molecular weight is 575 g/mol. The van der Waals surface area contributed by atoms with Crippen LogP contribution in [-0.4, -0.2) is 44.5 Å². The number of benzene rings is 1. The summed E-state index contributed by atoms with van der Waals surface area (Å²) >= 11 is 0. The number of pyridine rings is 1. The van der Waals surface area contributed by atoms with Gasteiger partial charge in [0.05, 0.1) is 0 Å². The third-order valence-electron chi connectivity index (χ3n) is 5.39. The predicted octanol–water partition coefficient (Wildman–Crippen LogP) is 3.89. The number of hydrogen-bond acceptors (Lipinski definition) is 6. The number of alkyl halides is 2.